The molecule has 4 nitrogen and oxygen atoms in total. The van der Waals surface area contributed by atoms with Gasteiger partial charge in [0, 0.05) is 24.5 Å². The van der Waals surface area contributed by atoms with E-state index in [4.69, 9.17) is 9.52 Å². The van der Waals surface area contributed by atoms with Crippen LogP contribution in [-0.4, -0.2) is 34.2 Å². The van der Waals surface area contributed by atoms with Gasteiger partial charge in [-0.25, -0.2) is 4.98 Å². The van der Waals surface area contributed by atoms with Crippen LogP contribution < -0.4 is 0 Å². The molecule has 0 radical (unpaired) electrons. The zero-order valence-corrected chi connectivity index (χ0v) is 11.5. The van der Waals surface area contributed by atoms with Crippen LogP contribution in [0.25, 0.3) is 10.8 Å². The average Bonchev–Trinajstić information content (AvgIpc) is 2.98. The Morgan fingerprint density at radius 2 is 2.33 bits per heavy atom. The molecule has 98 valence electrons. The Morgan fingerprint density at radius 1 is 1.50 bits per heavy atom. The molecule has 0 spiro atoms. The number of aliphatic hydroxyl groups excluding tert-OH is 1. The normalized spacial score (nSPS) is 11.6. The highest BCUT2D eigenvalue weighted by Gasteiger charge is 2.13. The Hall–Kier alpha value is -1.17. The lowest BCUT2D eigenvalue weighted by Crippen LogP contribution is -2.32. The van der Waals surface area contributed by atoms with E-state index in [1.807, 2.05) is 17.5 Å². The van der Waals surface area contributed by atoms with Crippen LogP contribution in [0.3, 0.4) is 0 Å². The van der Waals surface area contributed by atoms with E-state index in [1.54, 1.807) is 17.6 Å². The van der Waals surface area contributed by atoms with Gasteiger partial charge in [0.25, 0.3) is 0 Å². The van der Waals surface area contributed by atoms with Gasteiger partial charge in [0.1, 0.15) is 0 Å². The number of aliphatic hydroxyl groups is 1. The van der Waals surface area contributed by atoms with Crippen LogP contribution in [0.4, 0.5) is 0 Å². The fourth-order valence-corrected chi connectivity index (χ4v) is 2.53. The van der Waals surface area contributed by atoms with E-state index in [0.717, 1.165) is 23.0 Å². The van der Waals surface area contributed by atoms with Crippen molar-refractivity contribution < 1.29 is 9.52 Å². The second-order valence-electron chi connectivity index (χ2n) is 4.41. The Balaban J connectivity index is 2.06. The van der Waals surface area contributed by atoms with Crippen molar-refractivity contribution in [2.45, 2.75) is 26.4 Å². The van der Waals surface area contributed by atoms with Gasteiger partial charge in [0.2, 0.25) is 0 Å². The summed E-state index contributed by atoms with van der Waals surface area (Å²) in [5.74, 6) is 0.810. The molecule has 0 aliphatic carbocycles. The number of rotatable bonds is 6. The van der Waals surface area contributed by atoms with Gasteiger partial charge in [-0.05, 0) is 26.0 Å². The van der Waals surface area contributed by atoms with E-state index in [1.165, 1.54) is 0 Å². The van der Waals surface area contributed by atoms with Crippen molar-refractivity contribution in [2.75, 3.05) is 13.2 Å². The highest BCUT2D eigenvalue weighted by Crippen LogP contribution is 2.24. The zero-order chi connectivity index (χ0) is 13.0. The molecular weight excluding hydrogens is 248 g/mol. The molecule has 1 N–H and O–H groups in total. The van der Waals surface area contributed by atoms with Crippen LogP contribution in [0.15, 0.2) is 28.2 Å². The first-order valence-electron chi connectivity index (χ1n) is 6.04. The van der Waals surface area contributed by atoms with Crippen molar-refractivity contribution in [2.24, 2.45) is 0 Å². The van der Waals surface area contributed by atoms with Gasteiger partial charge in [0.05, 0.1) is 18.6 Å². The van der Waals surface area contributed by atoms with Crippen molar-refractivity contribution in [3.8, 4) is 10.8 Å². The summed E-state index contributed by atoms with van der Waals surface area (Å²) in [7, 11) is 0. The minimum atomic E-state index is 0.174. The molecule has 18 heavy (non-hydrogen) atoms. The van der Waals surface area contributed by atoms with E-state index in [-0.39, 0.29) is 6.61 Å². The predicted octanol–water partition coefficient (Wildman–Crippen LogP) is 2.61. The molecule has 2 aromatic heterocycles. The SMILES string of the molecule is CC(C)N(CCO)Cc1csc(-c2ccco2)n1. The van der Waals surface area contributed by atoms with Crippen LogP contribution in [0.2, 0.25) is 0 Å². The van der Waals surface area contributed by atoms with Gasteiger partial charge in [0.15, 0.2) is 10.8 Å². The summed E-state index contributed by atoms with van der Waals surface area (Å²) < 4.78 is 5.33. The molecule has 2 aromatic rings. The zero-order valence-electron chi connectivity index (χ0n) is 10.7. The molecule has 2 heterocycles. The monoisotopic (exact) mass is 266 g/mol. The van der Waals surface area contributed by atoms with Gasteiger partial charge in [-0.1, -0.05) is 0 Å². The summed E-state index contributed by atoms with van der Waals surface area (Å²) in [5.41, 5.74) is 1.02. The lowest BCUT2D eigenvalue weighted by atomic mass is 10.3. The third kappa shape index (κ3) is 3.19. The minimum Gasteiger partial charge on any atom is -0.462 e. The van der Waals surface area contributed by atoms with E-state index < -0.39 is 0 Å². The van der Waals surface area contributed by atoms with Gasteiger partial charge < -0.3 is 9.52 Å². The number of thiazole rings is 1. The smallest absolute Gasteiger partial charge is 0.162 e. The first-order chi connectivity index (χ1) is 8.70. The summed E-state index contributed by atoms with van der Waals surface area (Å²) in [4.78, 5) is 6.75. The molecule has 0 atom stereocenters. The van der Waals surface area contributed by atoms with Crippen molar-refractivity contribution in [3.63, 3.8) is 0 Å². The van der Waals surface area contributed by atoms with Crippen LogP contribution in [0, 0.1) is 0 Å². The largest absolute Gasteiger partial charge is 0.462 e. The maximum atomic E-state index is 9.04. The molecule has 5 heteroatoms. The first-order valence-corrected chi connectivity index (χ1v) is 6.92. The maximum absolute atomic E-state index is 9.04. The molecule has 0 aliphatic rings. The molecule has 0 unspecified atom stereocenters. The second-order valence-corrected chi connectivity index (χ2v) is 5.27. The third-order valence-corrected chi connectivity index (χ3v) is 3.67. The number of aromatic nitrogens is 1. The predicted molar refractivity (Wildman–Crippen MR) is 72.4 cm³/mol. The standard InChI is InChI=1S/C13H18N2O2S/c1-10(2)15(5-6-16)8-11-9-18-13(14-11)12-4-3-7-17-12/h3-4,7,9-10,16H,5-6,8H2,1-2H3. The molecule has 0 saturated carbocycles. The summed E-state index contributed by atoms with van der Waals surface area (Å²) in [6.45, 7) is 5.85. The molecule has 0 fully saturated rings. The topological polar surface area (TPSA) is 49.5 Å². The molecular formula is C13H18N2O2S. The maximum Gasteiger partial charge on any atom is 0.162 e. The van der Waals surface area contributed by atoms with E-state index >= 15 is 0 Å². The molecule has 0 aromatic carbocycles. The van der Waals surface area contributed by atoms with Crippen LogP contribution in [0.1, 0.15) is 19.5 Å². The number of nitrogens with zero attached hydrogens (tertiary/aromatic N) is 2. The highest BCUT2D eigenvalue weighted by atomic mass is 32.1. The van der Waals surface area contributed by atoms with Gasteiger partial charge in [-0.15, -0.1) is 11.3 Å². The fourth-order valence-electron chi connectivity index (χ4n) is 1.75. The summed E-state index contributed by atoms with van der Waals surface area (Å²) >= 11 is 1.59. The average molecular weight is 266 g/mol. The second kappa shape index (κ2) is 6.13. The highest BCUT2D eigenvalue weighted by molar-refractivity contribution is 7.13. The summed E-state index contributed by atoms with van der Waals surface area (Å²) in [6, 6.07) is 4.17. The summed E-state index contributed by atoms with van der Waals surface area (Å²) in [5, 5.41) is 12.0. The quantitative estimate of drug-likeness (QED) is 0.873. The molecule has 2 rings (SSSR count). The Kier molecular flexibility index (Phi) is 4.52. The Labute approximate surface area is 111 Å². The van der Waals surface area contributed by atoms with Gasteiger partial charge in [-0.2, -0.15) is 0 Å². The van der Waals surface area contributed by atoms with Crippen molar-refractivity contribution in [3.05, 3.63) is 29.5 Å². The first kappa shape index (κ1) is 13.3. The van der Waals surface area contributed by atoms with Crippen molar-refractivity contribution >= 4 is 11.3 Å². The third-order valence-electron chi connectivity index (χ3n) is 2.77. The lowest BCUT2D eigenvalue weighted by Gasteiger charge is -2.24. The summed E-state index contributed by atoms with van der Waals surface area (Å²) in [6.07, 6.45) is 1.66. The van der Waals surface area contributed by atoms with Crippen molar-refractivity contribution in [1.82, 2.24) is 9.88 Å². The lowest BCUT2D eigenvalue weighted by molar-refractivity contribution is 0.158. The molecule has 0 saturated heterocycles. The molecule has 0 amide bonds. The Bertz CT molecular complexity index is 465. The van der Waals surface area contributed by atoms with E-state index in [9.17, 15) is 0 Å². The Morgan fingerprint density at radius 3 is 2.94 bits per heavy atom. The fraction of sp³-hybridized carbons (Fsp3) is 0.462. The van der Waals surface area contributed by atoms with Crippen LogP contribution in [0.5, 0.6) is 0 Å². The number of furan rings is 1. The minimum absolute atomic E-state index is 0.174. The van der Waals surface area contributed by atoms with Crippen molar-refractivity contribution in [1.29, 1.82) is 0 Å². The molecule has 0 aliphatic heterocycles. The molecule has 0 bridgehead atoms. The van der Waals surface area contributed by atoms with Gasteiger partial charge >= 0.3 is 0 Å². The van der Waals surface area contributed by atoms with Crippen LogP contribution in [-0.2, 0) is 6.54 Å². The van der Waals surface area contributed by atoms with E-state index in [2.05, 4.69) is 23.7 Å². The number of hydrogen-bond donors (Lipinski definition) is 1. The van der Waals surface area contributed by atoms with Crippen LogP contribution >= 0.6 is 11.3 Å². The van der Waals surface area contributed by atoms with E-state index in [0.29, 0.717) is 12.6 Å². The van der Waals surface area contributed by atoms with Gasteiger partial charge in [-0.3, -0.25) is 4.90 Å². The number of hydrogen-bond acceptors (Lipinski definition) is 5.